The van der Waals surface area contributed by atoms with Gasteiger partial charge in [-0.15, -0.1) is 6.58 Å². The van der Waals surface area contributed by atoms with Gasteiger partial charge in [-0.1, -0.05) is 12.7 Å². The van der Waals surface area contributed by atoms with Crippen LogP contribution >= 0.6 is 0 Å². The Morgan fingerprint density at radius 2 is 2.07 bits per heavy atom. The Morgan fingerprint density at radius 1 is 1.43 bits per heavy atom. The van der Waals surface area contributed by atoms with Crippen LogP contribution in [0, 0.1) is 0 Å². The van der Waals surface area contributed by atoms with Crippen LogP contribution in [0.1, 0.15) is 20.3 Å². The maximum absolute atomic E-state index is 10.9. The van der Waals surface area contributed by atoms with Crippen molar-refractivity contribution in [2.75, 3.05) is 13.2 Å². The zero-order valence-corrected chi connectivity index (χ0v) is 8.91. The van der Waals surface area contributed by atoms with Crippen molar-refractivity contribution in [2.45, 2.75) is 25.9 Å². The lowest BCUT2D eigenvalue weighted by Gasteiger charge is -2.24. The standard InChI is InChI=1S/C11H18O3/c1-5-8-13-9-7-11(3,4)14-10(12)6-2/h5-6H,1-2,7-9H2,3-4H3. The molecule has 0 atom stereocenters. The summed E-state index contributed by atoms with van der Waals surface area (Å²) in [5.41, 5.74) is -0.507. The van der Waals surface area contributed by atoms with Crippen molar-refractivity contribution in [3.05, 3.63) is 25.3 Å². The van der Waals surface area contributed by atoms with E-state index in [-0.39, 0.29) is 0 Å². The van der Waals surface area contributed by atoms with Gasteiger partial charge >= 0.3 is 5.97 Å². The molecule has 0 bridgehead atoms. The lowest BCUT2D eigenvalue weighted by atomic mass is 10.1. The Morgan fingerprint density at radius 3 is 2.57 bits per heavy atom. The van der Waals surface area contributed by atoms with Gasteiger partial charge in [-0.2, -0.15) is 0 Å². The number of ether oxygens (including phenoxy) is 2. The number of carbonyl (C=O) groups excluding carboxylic acids is 1. The van der Waals surface area contributed by atoms with E-state index in [1.165, 1.54) is 0 Å². The predicted molar refractivity (Wildman–Crippen MR) is 56.0 cm³/mol. The number of carbonyl (C=O) groups is 1. The van der Waals surface area contributed by atoms with Crippen LogP contribution in [0.25, 0.3) is 0 Å². The molecular weight excluding hydrogens is 180 g/mol. The fourth-order valence-corrected chi connectivity index (χ4v) is 0.850. The highest BCUT2D eigenvalue weighted by Gasteiger charge is 2.21. The highest BCUT2D eigenvalue weighted by Crippen LogP contribution is 2.14. The monoisotopic (exact) mass is 198 g/mol. The summed E-state index contributed by atoms with van der Waals surface area (Å²) in [7, 11) is 0. The smallest absolute Gasteiger partial charge is 0.330 e. The van der Waals surface area contributed by atoms with E-state index in [1.54, 1.807) is 6.08 Å². The van der Waals surface area contributed by atoms with Crippen LogP contribution in [0.15, 0.2) is 25.3 Å². The van der Waals surface area contributed by atoms with Crippen molar-refractivity contribution in [2.24, 2.45) is 0 Å². The molecule has 0 rings (SSSR count). The average molecular weight is 198 g/mol. The van der Waals surface area contributed by atoms with E-state index in [9.17, 15) is 4.79 Å². The summed E-state index contributed by atoms with van der Waals surface area (Å²) in [4.78, 5) is 10.9. The molecular formula is C11H18O3. The molecule has 0 fully saturated rings. The molecule has 0 aliphatic heterocycles. The second-order valence-electron chi connectivity index (χ2n) is 3.50. The lowest BCUT2D eigenvalue weighted by Crippen LogP contribution is -2.28. The first-order valence-corrected chi connectivity index (χ1v) is 4.56. The van der Waals surface area contributed by atoms with Crippen molar-refractivity contribution in [3.8, 4) is 0 Å². The maximum Gasteiger partial charge on any atom is 0.330 e. The van der Waals surface area contributed by atoms with E-state index in [0.29, 0.717) is 19.6 Å². The molecule has 0 spiro atoms. The summed E-state index contributed by atoms with van der Waals surface area (Å²) in [6.45, 7) is 11.6. The fraction of sp³-hybridized carbons (Fsp3) is 0.545. The SMILES string of the molecule is C=CCOCCC(C)(C)OC(=O)C=C. The summed E-state index contributed by atoms with van der Waals surface area (Å²) >= 11 is 0. The largest absolute Gasteiger partial charge is 0.456 e. The Labute approximate surface area is 85.4 Å². The number of rotatable bonds is 7. The van der Waals surface area contributed by atoms with Crippen molar-refractivity contribution in [1.29, 1.82) is 0 Å². The Bertz CT molecular complexity index is 207. The van der Waals surface area contributed by atoms with Crippen molar-refractivity contribution >= 4 is 5.97 Å². The van der Waals surface area contributed by atoms with Gasteiger partial charge in [-0.3, -0.25) is 0 Å². The van der Waals surface area contributed by atoms with E-state index in [0.717, 1.165) is 6.08 Å². The van der Waals surface area contributed by atoms with Gasteiger partial charge in [0.05, 0.1) is 13.2 Å². The highest BCUT2D eigenvalue weighted by molar-refractivity contribution is 5.81. The molecule has 0 saturated heterocycles. The van der Waals surface area contributed by atoms with Crippen molar-refractivity contribution in [1.82, 2.24) is 0 Å². The van der Waals surface area contributed by atoms with E-state index in [1.807, 2.05) is 13.8 Å². The normalized spacial score (nSPS) is 10.7. The molecule has 0 N–H and O–H groups in total. The number of hydrogen-bond donors (Lipinski definition) is 0. The van der Waals surface area contributed by atoms with Gasteiger partial charge in [0.1, 0.15) is 5.60 Å². The molecule has 0 aliphatic carbocycles. The number of hydrogen-bond acceptors (Lipinski definition) is 3. The molecule has 80 valence electrons. The van der Waals surface area contributed by atoms with E-state index < -0.39 is 11.6 Å². The molecule has 0 aromatic heterocycles. The highest BCUT2D eigenvalue weighted by atomic mass is 16.6. The molecule has 3 nitrogen and oxygen atoms in total. The molecule has 0 heterocycles. The van der Waals surface area contributed by atoms with Gasteiger partial charge < -0.3 is 9.47 Å². The summed E-state index contributed by atoms with van der Waals surface area (Å²) < 4.78 is 10.3. The third kappa shape index (κ3) is 6.43. The maximum atomic E-state index is 10.9. The van der Waals surface area contributed by atoms with Crippen LogP contribution in [0.3, 0.4) is 0 Å². The second kappa shape index (κ2) is 6.38. The third-order valence-electron chi connectivity index (χ3n) is 1.63. The summed E-state index contributed by atoms with van der Waals surface area (Å²) in [5, 5.41) is 0. The fourth-order valence-electron chi connectivity index (χ4n) is 0.850. The summed E-state index contributed by atoms with van der Waals surface area (Å²) in [6, 6.07) is 0. The summed E-state index contributed by atoms with van der Waals surface area (Å²) in [6.07, 6.45) is 3.50. The van der Waals surface area contributed by atoms with Gasteiger partial charge in [0, 0.05) is 12.5 Å². The Balaban J connectivity index is 3.76. The van der Waals surface area contributed by atoms with Gasteiger partial charge in [-0.05, 0) is 13.8 Å². The molecule has 0 radical (unpaired) electrons. The molecule has 0 saturated carbocycles. The van der Waals surface area contributed by atoms with Gasteiger partial charge in [-0.25, -0.2) is 4.79 Å². The zero-order valence-electron chi connectivity index (χ0n) is 8.91. The zero-order chi connectivity index (χ0) is 11.0. The molecule has 3 heteroatoms. The van der Waals surface area contributed by atoms with E-state index in [2.05, 4.69) is 13.2 Å². The van der Waals surface area contributed by atoms with Crippen LogP contribution in [0.5, 0.6) is 0 Å². The van der Waals surface area contributed by atoms with Crippen LogP contribution in [0.4, 0.5) is 0 Å². The van der Waals surface area contributed by atoms with Crippen LogP contribution in [-0.4, -0.2) is 24.8 Å². The Kier molecular flexibility index (Phi) is 5.88. The Hall–Kier alpha value is -1.09. The topological polar surface area (TPSA) is 35.5 Å². The van der Waals surface area contributed by atoms with E-state index >= 15 is 0 Å². The van der Waals surface area contributed by atoms with Crippen molar-refractivity contribution in [3.63, 3.8) is 0 Å². The minimum Gasteiger partial charge on any atom is -0.456 e. The van der Waals surface area contributed by atoms with Crippen LogP contribution < -0.4 is 0 Å². The van der Waals surface area contributed by atoms with Crippen LogP contribution in [-0.2, 0) is 14.3 Å². The molecule has 0 aromatic rings. The first-order chi connectivity index (χ1) is 6.52. The van der Waals surface area contributed by atoms with Crippen molar-refractivity contribution < 1.29 is 14.3 Å². The minimum absolute atomic E-state index is 0.404. The third-order valence-corrected chi connectivity index (χ3v) is 1.63. The molecule has 0 aliphatic rings. The molecule has 0 unspecified atom stereocenters. The van der Waals surface area contributed by atoms with Gasteiger partial charge in [0.2, 0.25) is 0 Å². The molecule has 0 amide bonds. The first-order valence-electron chi connectivity index (χ1n) is 4.56. The predicted octanol–water partition coefficient (Wildman–Crippen LogP) is 2.09. The van der Waals surface area contributed by atoms with E-state index in [4.69, 9.17) is 9.47 Å². The number of esters is 1. The quantitative estimate of drug-likeness (QED) is 0.272. The minimum atomic E-state index is -0.507. The van der Waals surface area contributed by atoms with Crippen LogP contribution in [0.2, 0.25) is 0 Å². The first kappa shape index (κ1) is 12.9. The average Bonchev–Trinajstić information content (AvgIpc) is 2.12. The molecule has 14 heavy (non-hydrogen) atoms. The lowest BCUT2D eigenvalue weighted by molar-refractivity contribution is -0.151. The molecule has 0 aromatic carbocycles. The van der Waals surface area contributed by atoms with Gasteiger partial charge in [0.15, 0.2) is 0 Å². The van der Waals surface area contributed by atoms with Gasteiger partial charge in [0.25, 0.3) is 0 Å². The second-order valence-corrected chi connectivity index (χ2v) is 3.50. The summed E-state index contributed by atoms with van der Waals surface area (Å²) in [5.74, 6) is -0.404.